The molecule has 0 aliphatic carbocycles. The van der Waals surface area contributed by atoms with Gasteiger partial charge in [0.2, 0.25) is 0 Å². The van der Waals surface area contributed by atoms with Crippen LogP contribution in [0.3, 0.4) is 0 Å². The Labute approximate surface area is 114 Å². The Bertz CT molecular complexity index is 597. The topological polar surface area (TPSA) is 94.1 Å². The molecule has 100 valence electrons. The van der Waals surface area contributed by atoms with Crippen molar-refractivity contribution in [2.24, 2.45) is 0 Å². The molecule has 0 fully saturated rings. The lowest BCUT2D eigenvalue weighted by atomic mass is 10.2. The smallest absolute Gasteiger partial charge is 0.276 e. The van der Waals surface area contributed by atoms with Crippen molar-refractivity contribution in [3.8, 4) is 0 Å². The van der Waals surface area contributed by atoms with E-state index in [2.05, 4.69) is 23.3 Å². The Morgan fingerprint density at radius 1 is 1.53 bits per heavy atom. The van der Waals surface area contributed by atoms with E-state index in [0.717, 1.165) is 6.42 Å². The van der Waals surface area contributed by atoms with E-state index in [-0.39, 0.29) is 11.5 Å². The number of nitrogen functional groups attached to an aromatic ring is 1. The van der Waals surface area contributed by atoms with Crippen LogP contribution < -0.4 is 11.1 Å². The first-order valence-electron chi connectivity index (χ1n) is 5.81. The number of nitrogens with zero attached hydrogens (tertiary/aromatic N) is 2. The number of nitro groups is 1. The highest BCUT2D eigenvalue weighted by Gasteiger charge is 2.10. The molecular formula is C12H14N4O2S. The number of pyridine rings is 1. The fourth-order valence-corrected chi connectivity index (χ4v) is 2.66. The summed E-state index contributed by atoms with van der Waals surface area (Å²) in [6.45, 7) is 2.68. The Morgan fingerprint density at radius 3 is 3.00 bits per heavy atom. The van der Waals surface area contributed by atoms with Crippen molar-refractivity contribution in [3.05, 3.63) is 44.1 Å². The van der Waals surface area contributed by atoms with E-state index in [4.69, 9.17) is 5.73 Å². The van der Waals surface area contributed by atoms with E-state index >= 15 is 0 Å². The van der Waals surface area contributed by atoms with Crippen molar-refractivity contribution in [1.29, 1.82) is 0 Å². The van der Waals surface area contributed by atoms with E-state index in [1.807, 2.05) is 5.38 Å². The predicted octanol–water partition coefficient (Wildman–Crippen LogP) is 2.81. The zero-order valence-corrected chi connectivity index (χ0v) is 11.2. The molecule has 2 aromatic rings. The zero-order valence-electron chi connectivity index (χ0n) is 10.4. The number of anilines is 2. The van der Waals surface area contributed by atoms with Crippen LogP contribution in [0.4, 0.5) is 17.3 Å². The number of rotatable bonds is 5. The molecule has 2 heterocycles. The lowest BCUT2D eigenvalue weighted by Gasteiger charge is -2.06. The SMILES string of the molecule is CCc1ccsc1CNc1cc([N+](=O)[O-])cc(N)n1. The maximum absolute atomic E-state index is 10.7. The minimum Gasteiger partial charge on any atom is -0.383 e. The molecule has 0 aliphatic rings. The number of aromatic nitrogens is 1. The van der Waals surface area contributed by atoms with Gasteiger partial charge in [0.25, 0.3) is 5.69 Å². The van der Waals surface area contributed by atoms with E-state index in [9.17, 15) is 10.1 Å². The number of hydrogen-bond donors (Lipinski definition) is 2. The molecule has 19 heavy (non-hydrogen) atoms. The molecule has 2 rings (SSSR count). The summed E-state index contributed by atoms with van der Waals surface area (Å²) in [7, 11) is 0. The largest absolute Gasteiger partial charge is 0.383 e. The Kier molecular flexibility index (Phi) is 3.96. The molecule has 0 atom stereocenters. The van der Waals surface area contributed by atoms with Gasteiger partial charge in [-0.2, -0.15) is 0 Å². The van der Waals surface area contributed by atoms with Gasteiger partial charge in [0.05, 0.1) is 23.6 Å². The maximum atomic E-state index is 10.7. The predicted molar refractivity (Wildman–Crippen MR) is 76.3 cm³/mol. The summed E-state index contributed by atoms with van der Waals surface area (Å²) in [6, 6.07) is 4.71. The van der Waals surface area contributed by atoms with Crippen LogP contribution in [0.15, 0.2) is 23.6 Å². The lowest BCUT2D eigenvalue weighted by molar-refractivity contribution is -0.384. The molecular weight excluding hydrogens is 264 g/mol. The fraction of sp³-hybridized carbons (Fsp3) is 0.250. The second-order valence-corrected chi connectivity index (χ2v) is 4.97. The highest BCUT2D eigenvalue weighted by Crippen LogP contribution is 2.22. The Balaban J connectivity index is 2.13. The molecule has 3 N–H and O–H groups in total. The molecule has 0 amide bonds. The Morgan fingerprint density at radius 2 is 2.32 bits per heavy atom. The van der Waals surface area contributed by atoms with Crippen LogP contribution in [0.5, 0.6) is 0 Å². The second-order valence-electron chi connectivity index (χ2n) is 3.97. The van der Waals surface area contributed by atoms with Gasteiger partial charge in [-0.15, -0.1) is 11.3 Å². The van der Waals surface area contributed by atoms with Crippen LogP contribution in [0, 0.1) is 10.1 Å². The molecule has 0 radical (unpaired) electrons. The normalized spacial score (nSPS) is 10.4. The van der Waals surface area contributed by atoms with E-state index in [1.165, 1.54) is 22.6 Å². The van der Waals surface area contributed by atoms with Gasteiger partial charge < -0.3 is 11.1 Å². The third kappa shape index (κ3) is 3.19. The van der Waals surface area contributed by atoms with Gasteiger partial charge in [-0.25, -0.2) is 4.98 Å². The minimum atomic E-state index is -0.480. The van der Waals surface area contributed by atoms with Crippen molar-refractivity contribution in [1.82, 2.24) is 4.98 Å². The summed E-state index contributed by atoms with van der Waals surface area (Å²) in [5.74, 6) is 0.556. The van der Waals surface area contributed by atoms with E-state index < -0.39 is 4.92 Å². The van der Waals surface area contributed by atoms with Crippen LogP contribution in [0.1, 0.15) is 17.4 Å². The van der Waals surface area contributed by atoms with Gasteiger partial charge in [-0.1, -0.05) is 6.92 Å². The fourth-order valence-electron chi connectivity index (χ4n) is 1.74. The summed E-state index contributed by atoms with van der Waals surface area (Å²) in [4.78, 5) is 15.5. The van der Waals surface area contributed by atoms with Gasteiger partial charge in [0.15, 0.2) is 0 Å². The number of nitrogens with one attached hydrogen (secondary N) is 1. The van der Waals surface area contributed by atoms with Crippen LogP contribution in [-0.2, 0) is 13.0 Å². The molecule has 0 bridgehead atoms. The summed E-state index contributed by atoms with van der Waals surface area (Å²) in [5, 5.41) is 15.8. The molecule has 2 aromatic heterocycles. The van der Waals surface area contributed by atoms with E-state index in [1.54, 1.807) is 11.3 Å². The zero-order chi connectivity index (χ0) is 13.8. The highest BCUT2D eigenvalue weighted by atomic mass is 32.1. The van der Waals surface area contributed by atoms with Crippen molar-refractivity contribution >= 4 is 28.7 Å². The first-order chi connectivity index (χ1) is 9.10. The first-order valence-corrected chi connectivity index (χ1v) is 6.69. The molecule has 0 aliphatic heterocycles. The number of thiophene rings is 1. The van der Waals surface area contributed by atoms with Gasteiger partial charge in [-0.05, 0) is 23.4 Å². The van der Waals surface area contributed by atoms with Crippen LogP contribution in [0.2, 0.25) is 0 Å². The average Bonchev–Trinajstić information content (AvgIpc) is 2.83. The lowest BCUT2D eigenvalue weighted by Crippen LogP contribution is -2.04. The first kappa shape index (κ1) is 13.3. The van der Waals surface area contributed by atoms with Crippen LogP contribution in [0.25, 0.3) is 0 Å². The summed E-state index contributed by atoms with van der Waals surface area (Å²) in [5.41, 5.74) is 6.76. The molecule has 7 heteroatoms. The van der Waals surface area contributed by atoms with E-state index in [0.29, 0.717) is 12.4 Å². The highest BCUT2D eigenvalue weighted by molar-refractivity contribution is 7.10. The molecule has 0 aromatic carbocycles. The monoisotopic (exact) mass is 278 g/mol. The number of hydrogen-bond acceptors (Lipinski definition) is 6. The third-order valence-electron chi connectivity index (χ3n) is 2.69. The molecule has 0 spiro atoms. The third-order valence-corrected chi connectivity index (χ3v) is 3.65. The molecule has 0 saturated carbocycles. The van der Waals surface area contributed by atoms with Gasteiger partial charge >= 0.3 is 0 Å². The maximum Gasteiger partial charge on any atom is 0.276 e. The van der Waals surface area contributed by atoms with Crippen molar-refractivity contribution in [2.75, 3.05) is 11.1 Å². The van der Waals surface area contributed by atoms with Crippen LogP contribution >= 0.6 is 11.3 Å². The molecule has 0 unspecified atom stereocenters. The average molecular weight is 278 g/mol. The van der Waals surface area contributed by atoms with Gasteiger partial charge in [-0.3, -0.25) is 10.1 Å². The quantitative estimate of drug-likeness (QED) is 0.648. The summed E-state index contributed by atoms with van der Waals surface area (Å²) in [6.07, 6.45) is 0.963. The van der Waals surface area contributed by atoms with Crippen LogP contribution in [-0.4, -0.2) is 9.91 Å². The minimum absolute atomic E-state index is 0.0584. The van der Waals surface area contributed by atoms with Gasteiger partial charge in [0.1, 0.15) is 11.6 Å². The Hall–Kier alpha value is -2.15. The van der Waals surface area contributed by atoms with Gasteiger partial charge in [0, 0.05) is 4.88 Å². The standard InChI is InChI=1S/C12H14N4O2S/c1-2-8-3-4-19-10(8)7-14-12-6-9(16(17)18)5-11(13)15-12/h3-6H,2,7H2,1H3,(H3,13,14,15). The van der Waals surface area contributed by atoms with Crippen molar-refractivity contribution < 1.29 is 4.92 Å². The van der Waals surface area contributed by atoms with Crippen molar-refractivity contribution in [2.45, 2.75) is 19.9 Å². The molecule has 0 saturated heterocycles. The number of nitrogens with two attached hydrogens (primary N) is 1. The number of aryl methyl sites for hydroxylation is 1. The summed E-state index contributed by atoms with van der Waals surface area (Å²) < 4.78 is 0. The second kappa shape index (κ2) is 5.66. The van der Waals surface area contributed by atoms with Crippen molar-refractivity contribution in [3.63, 3.8) is 0 Å². The summed E-state index contributed by atoms with van der Waals surface area (Å²) >= 11 is 1.65. The molecule has 6 nitrogen and oxygen atoms in total.